The van der Waals surface area contributed by atoms with Crippen molar-refractivity contribution in [3.05, 3.63) is 53.6 Å². The third-order valence-electron chi connectivity index (χ3n) is 3.73. The monoisotopic (exact) mass is 361 g/mol. The first-order valence-corrected chi connectivity index (χ1v) is 8.31. The lowest BCUT2D eigenvalue weighted by molar-refractivity contribution is -0.114. The van der Waals surface area contributed by atoms with Gasteiger partial charge in [-0.15, -0.1) is 0 Å². The molecule has 1 aromatic rings. The first kappa shape index (κ1) is 21.5. The summed E-state index contributed by atoms with van der Waals surface area (Å²) in [6.45, 7) is 4.74. The Labute approximate surface area is 154 Å². The van der Waals surface area contributed by atoms with E-state index in [1.165, 1.54) is 20.1 Å². The van der Waals surface area contributed by atoms with Gasteiger partial charge in [0.2, 0.25) is 5.91 Å². The summed E-state index contributed by atoms with van der Waals surface area (Å²) in [5.74, 6) is -0.516. The average Bonchev–Trinajstić information content (AvgIpc) is 2.58. The molecule has 0 saturated carbocycles. The number of carbonyl (C=O) groups excluding carboxylic acids is 1. The van der Waals surface area contributed by atoms with E-state index in [0.29, 0.717) is 22.6 Å². The van der Waals surface area contributed by atoms with Crippen molar-refractivity contribution in [2.75, 3.05) is 19.0 Å². The molecule has 2 atom stereocenters. The molecular weight excluding hydrogens is 334 g/mol. The van der Waals surface area contributed by atoms with Crippen molar-refractivity contribution in [3.63, 3.8) is 0 Å². The van der Waals surface area contributed by atoms with Crippen LogP contribution in [0.25, 0.3) is 0 Å². The van der Waals surface area contributed by atoms with Crippen LogP contribution in [0.3, 0.4) is 0 Å². The van der Waals surface area contributed by atoms with Crippen LogP contribution in [0.5, 0.6) is 11.5 Å². The number of aliphatic hydroxyl groups is 2. The molecule has 0 aliphatic carbocycles. The third kappa shape index (κ3) is 6.06. The fourth-order valence-electron chi connectivity index (χ4n) is 2.51. The van der Waals surface area contributed by atoms with Gasteiger partial charge in [-0.2, -0.15) is 0 Å². The lowest BCUT2D eigenvalue weighted by atomic mass is 9.92. The Bertz CT molecular complexity index is 704. The standard InChI is InChI=1S/C20H27NO5/c1-5-7-15(12-22)8-6-9-16(13(2)23)17-10-18(21-14(3)24)20(26-4)11-19(17)25/h5-11,13,16,22-23,25H,12H2,1-4H3,(H,21,24). The van der Waals surface area contributed by atoms with Gasteiger partial charge in [0.05, 0.1) is 25.5 Å². The number of benzene rings is 1. The molecule has 2 unspecified atom stereocenters. The fourth-order valence-corrected chi connectivity index (χ4v) is 2.51. The van der Waals surface area contributed by atoms with Crippen LogP contribution >= 0.6 is 0 Å². The molecule has 1 aromatic carbocycles. The number of ether oxygens (including phenoxy) is 1. The SMILES string of the molecule is CC=CC(=CC=CC(c1cc(NC(C)=O)c(OC)cc1O)C(C)O)CO. The summed E-state index contributed by atoms with van der Waals surface area (Å²) in [6.07, 6.45) is 7.97. The van der Waals surface area contributed by atoms with Crippen molar-refractivity contribution in [3.8, 4) is 11.5 Å². The predicted molar refractivity (Wildman–Crippen MR) is 103 cm³/mol. The van der Waals surface area contributed by atoms with Crippen LogP contribution in [0.15, 0.2) is 48.1 Å². The molecule has 26 heavy (non-hydrogen) atoms. The number of amides is 1. The zero-order chi connectivity index (χ0) is 19.7. The van der Waals surface area contributed by atoms with Crippen LogP contribution in [0.4, 0.5) is 5.69 Å². The topological polar surface area (TPSA) is 99.0 Å². The minimum atomic E-state index is -0.789. The first-order chi connectivity index (χ1) is 12.3. The lowest BCUT2D eigenvalue weighted by Gasteiger charge is -2.20. The number of rotatable bonds is 8. The van der Waals surface area contributed by atoms with Gasteiger partial charge in [0, 0.05) is 24.5 Å². The van der Waals surface area contributed by atoms with Gasteiger partial charge in [-0.05, 0) is 25.5 Å². The summed E-state index contributed by atoms with van der Waals surface area (Å²) >= 11 is 0. The Balaban J connectivity index is 3.30. The zero-order valence-electron chi connectivity index (χ0n) is 15.6. The molecule has 0 bridgehead atoms. The Kier molecular flexibility index (Phi) is 8.61. The summed E-state index contributed by atoms with van der Waals surface area (Å²) in [6, 6.07) is 2.98. The second kappa shape index (κ2) is 10.4. The largest absolute Gasteiger partial charge is 0.508 e. The van der Waals surface area contributed by atoms with Crippen LogP contribution < -0.4 is 10.1 Å². The van der Waals surface area contributed by atoms with Crippen LogP contribution in [-0.2, 0) is 4.79 Å². The van der Waals surface area contributed by atoms with Crippen molar-refractivity contribution in [1.82, 2.24) is 0 Å². The van der Waals surface area contributed by atoms with Crippen LogP contribution in [0.1, 0.15) is 32.3 Å². The van der Waals surface area contributed by atoms with Crippen LogP contribution in [0.2, 0.25) is 0 Å². The number of nitrogens with one attached hydrogen (secondary N) is 1. The van der Waals surface area contributed by atoms with E-state index in [4.69, 9.17) is 4.74 Å². The van der Waals surface area contributed by atoms with E-state index < -0.39 is 12.0 Å². The quantitative estimate of drug-likeness (QED) is 0.421. The second-order valence-electron chi connectivity index (χ2n) is 5.84. The minimum Gasteiger partial charge on any atom is -0.508 e. The molecule has 6 heteroatoms. The highest BCUT2D eigenvalue weighted by molar-refractivity contribution is 5.90. The summed E-state index contributed by atoms with van der Waals surface area (Å²) in [5.41, 5.74) is 1.57. The van der Waals surface area contributed by atoms with E-state index >= 15 is 0 Å². The Morgan fingerprint density at radius 3 is 2.58 bits per heavy atom. The molecule has 0 saturated heterocycles. The van der Waals surface area contributed by atoms with E-state index in [-0.39, 0.29) is 18.3 Å². The molecule has 0 heterocycles. The molecule has 1 amide bonds. The molecule has 4 N–H and O–H groups in total. The number of phenolic OH excluding ortho intramolecular Hbond substituents is 1. The van der Waals surface area contributed by atoms with Gasteiger partial charge in [-0.3, -0.25) is 4.79 Å². The Hall–Kier alpha value is -2.57. The van der Waals surface area contributed by atoms with Gasteiger partial charge < -0.3 is 25.4 Å². The van der Waals surface area contributed by atoms with Gasteiger partial charge in [0.25, 0.3) is 0 Å². The molecule has 1 rings (SSSR count). The maximum atomic E-state index is 11.4. The van der Waals surface area contributed by atoms with Gasteiger partial charge in [-0.1, -0.05) is 30.4 Å². The number of allylic oxidation sites excluding steroid dienone is 3. The maximum Gasteiger partial charge on any atom is 0.221 e. The van der Waals surface area contributed by atoms with Crippen molar-refractivity contribution in [2.45, 2.75) is 32.8 Å². The van der Waals surface area contributed by atoms with Crippen LogP contribution in [0, 0.1) is 0 Å². The minimum absolute atomic E-state index is 0.0497. The van der Waals surface area contributed by atoms with Gasteiger partial charge in [-0.25, -0.2) is 0 Å². The van der Waals surface area contributed by atoms with Crippen molar-refractivity contribution in [1.29, 1.82) is 0 Å². The molecule has 6 nitrogen and oxygen atoms in total. The van der Waals surface area contributed by atoms with Gasteiger partial charge in [0.15, 0.2) is 0 Å². The fraction of sp³-hybridized carbons (Fsp3) is 0.350. The number of hydrogen-bond donors (Lipinski definition) is 4. The molecule has 0 radical (unpaired) electrons. The number of anilines is 1. The smallest absolute Gasteiger partial charge is 0.221 e. The van der Waals surface area contributed by atoms with Gasteiger partial charge >= 0.3 is 0 Å². The zero-order valence-corrected chi connectivity index (χ0v) is 15.6. The third-order valence-corrected chi connectivity index (χ3v) is 3.73. The molecule has 0 spiro atoms. The van der Waals surface area contributed by atoms with Crippen molar-refractivity contribution >= 4 is 11.6 Å². The molecule has 0 aromatic heterocycles. The second-order valence-corrected chi connectivity index (χ2v) is 5.84. The predicted octanol–water partition coefficient (Wildman–Crippen LogP) is 2.87. The highest BCUT2D eigenvalue weighted by Crippen LogP contribution is 2.38. The summed E-state index contributed by atoms with van der Waals surface area (Å²) in [7, 11) is 1.44. The normalized spacial score (nSPS) is 14.6. The highest BCUT2D eigenvalue weighted by Gasteiger charge is 2.21. The van der Waals surface area contributed by atoms with E-state index in [1.54, 1.807) is 37.3 Å². The number of carbonyl (C=O) groups is 1. The highest BCUT2D eigenvalue weighted by atomic mass is 16.5. The number of phenols is 1. The molecule has 0 fully saturated rings. The maximum absolute atomic E-state index is 11.4. The average molecular weight is 361 g/mol. The summed E-state index contributed by atoms with van der Waals surface area (Å²) in [4.78, 5) is 11.4. The Morgan fingerprint density at radius 2 is 2.08 bits per heavy atom. The molecule has 0 aliphatic heterocycles. The lowest BCUT2D eigenvalue weighted by Crippen LogP contribution is -2.14. The van der Waals surface area contributed by atoms with Crippen LogP contribution in [-0.4, -0.2) is 41.0 Å². The van der Waals surface area contributed by atoms with E-state index in [2.05, 4.69) is 5.32 Å². The number of methoxy groups -OCH3 is 1. The summed E-state index contributed by atoms with van der Waals surface area (Å²) in [5, 5.41) is 32.4. The summed E-state index contributed by atoms with van der Waals surface area (Å²) < 4.78 is 5.18. The molecule has 142 valence electrons. The molecule has 0 aliphatic rings. The Morgan fingerprint density at radius 1 is 1.38 bits per heavy atom. The van der Waals surface area contributed by atoms with Gasteiger partial charge in [0.1, 0.15) is 11.5 Å². The van der Waals surface area contributed by atoms with Crippen molar-refractivity contribution < 1.29 is 24.9 Å². The first-order valence-electron chi connectivity index (χ1n) is 8.31. The molecular formula is C20H27NO5. The number of aliphatic hydroxyl groups excluding tert-OH is 2. The van der Waals surface area contributed by atoms with E-state index in [0.717, 1.165) is 0 Å². The van der Waals surface area contributed by atoms with E-state index in [9.17, 15) is 20.1 Å². The number of aromatic hydroxyl groups is 1. The van der Waals surface area contributed by atoms with Crippen molar-refractivity contribution in [2.24, 2.45) is 0 Å². The number of hydrogen-bond acceptors (Lipinski definition) is 5. The van der Waals surface area contributed by atoms with E-state index in [1.807, 2.05) is 13.0 Å².